The Hall–Kier alpha value is -2.30. The number of carbonyl (C=O) groups excluding carboxylic acids is 2. The van der Waals surface area contributed by atoms with E-state index < -0.39 is 12.7 Å². The Balaban J connectivity index is 1.77. The van der Waals surface area contributed by atoms with Crippen LogP contribution in [-0.2, 0) is 14.3 Å². The van der Waals surface area contributed by atoms with Crippen LogP contribution in [0.25, 0.3) is 0 Å². The number of amides is 2. The third kappa shape index (κ3) is 5.65. The molecule has 0 unspecified atom stereocenters. The minimum Gasteiger partial charge on any atom is -0.433 e. The van der Waals surface area contributed by atoms with E-state index in [9.17, 15) is 18.4 Å². The third-order valence-electron chi connectivity index (χ3n) is 5.28. The normalized spacial score (nSPS) is 18.1. The number of halogens is 2. The maximum Gasteiger partial charge on any atom is 0.387 e. The number of nitrogens with two attached hydrogens (primary N) is 1. The first kappa shape index (κ1) is 22.4. The van der Waals surface area contributed by atoms with Gasteiger partial charge in [0.05, 0.1) is 12.3 Å². The van der Waals surface area contributed by atoms with E-state index >= 15 is 0 Å². The number of hydrogen-bond donors (Lipinski definition) is 2. The van der Waals surface area contributed by atoms with E-state index in [4.69, 9.17) is 10.5 Å². The van der Waals surface area contributed by atoms with Crippen LogP contribution in [0, 0.1) is 5.92 Å². The van der Waals surface area contributed by atoms with Gasteiger partial charge in [0.25, 0.3) is 5.91 Å². The summed E-state index contributed by atoms with van der Waals surface area (Å²) in [6.45, 7) is 0.938. The van der Waals surface area contributed by atoms with Crippen molar-refractivity contribution >= 4 is 23.2 Å². The van der Waals surface area contributed by atoms with Gasteiger partial charge >= 0.3 is 6.61 Å². The molecule has 30 heavy (non-hydrogen) atoms. The van der Waals surface area contributed by atoms with Gasteiger partial charge in [0.2, 0.25) is 5.91 Å². The molecule has 3 N–H and O–H groups in total. The predicted molar refractivity (Wildman–Crippen MR) is 108 cm³/mol. The van der Waals surface area contributed by atoms with Crippen molar-refractivity contribution in [3.8, 4) is 5.75 Å². The average molecular weight is 426 g/mol. The van der Waals surface area contributed by atoms with Crippen molar-refractivity contribution in [3.63, 3.8) is 0 Å². The molecule has 0 bridgehead atoms. The largest absolute Gasteiger partial charge is 0.433 e. The molecule has 1 heterocycles. The van der Waals surface area contributed by atoms with Gasteiger partial charge in [-0.1, -0.05) is 6.92 Å². The molecule has 1 atom stereocenters. The number of hydrogen-bond acceptors (Lipinski definition) is 6. The van der Waals surface area contributed by atoms with Crippen LogP contribution in [0.4, 0.5) is 20.2 Å². The smallest absolute Gasteiger partial charge is 0.387 e. The molecule has 1 saturated carbocycles. The van der Waals surface area contributed by atoms with Gasteiger partial charge in [0, 0.05) is 31.4 Å². The van der Waals surface area contributed by atoms with Crippen molar-refractivity contribution in [2.75, 3.05) is 49.6 Å². The van der Waals surface area contributed by atoms with Gasteiger partial charge in [-0.2, -0.15) is 8.78 Å². The molecule has 1 aromatic carbocycles. The monoisotopic (exact) mass is 426 g/mol. The highest BCUT2D eigenvalue weighted by Crippen LogP contribution is 2.34. The van der Waals surface area contributed by atoms with E-state index in [2.05, 4.69) is 10.1 Å². The zero-order valence-corrected chi connectivity index (χ0v) is 17.0. The molecule has 3 rings (SSSR count). The second-order valence-electron chi connectivity index (χ2n) is 7.43. The fourth-order valence-electron chi connectivity index (χ4n) is 3.53. The van der Waals surface area contributed by atoms with Crippen molar-refractivity contribution in [3.05, 3.63) is 18.2 Å². The molecule has 2 aliphatic rings. The molecule has 1 aliphatic heterocycles. The minimum atomic E-state index is -3.07. The van der Waals surface area contributed by atoms with Crippen molar-refractivity contribution in [2.24, 2.45) is 11.7 Å². The second-order valence-corrected chi connectivity index (χ2v) is 7.43. The van der Waals surface area contributed by atoms with Crippen LogP contribution < -0.4 is 20.7 Å². The summed E-state index contributed by atoms with van der Waals surface area (Å²) in [7, 11) is 0. The fraction of sp³-hybridized carbons (Fsp3) is 0.600. The van der Waals surface area contributed by atoms with Crippen molar-refractivity contribution < 1.29 is 27.8 Å². The molecule has 1 aliphatic carbocycles. The highest BCUT2D eigenvalue weighted by Gasteiger charge is 2.30. The van der Waals surface area contributed by atoms with Crippen LogP contribution in [-0.4, -0.2) is 68.8 Å². The lowest BCUT2D eigenvalue weighted by atomic mass is 10.1. The first-order chi connectivity index (χ1) is 14.4. The molecule has 0 radical (unpaired) electrons. The van der Waals surface area contributed by atoms with Gasteiger partial charge in [0.15, 0.2) is 5.75 Å². The van der Waals surface area contributed by atoms with Gasteiger partial charge in [-0.15, -0.1) is 0 Å². The Morgan fingerprint density at radius 2 is 2.20 bits per heavy atom. The number of anilines is 2. The summed E-state index contributed by atoms with van der Waals surface area (Å²) >= 11 is 0. The Labute approximate surface area is 174 Å². The van der Waals surface area contributed by atoms with Crippen LogP contribution in [0.1, 0.15) is 19.8 Å². The van der Waals surface area contributed by atoms with Crippen molar-refractivity contribution in [1.29, 1.82) is 0 Å². The molecule has 0 aromatic heterocycles. The summed E-state index contributed by atoms with van der Waals surface area (Å²) < 4.78 is 35.6. The van der Waals surface area contributed by atoms with E-state index in [1.165, 1.54) is 17.0 Å². The lowest BCUT2D eigenvalue weighted by Crippen LogP contribution is -2.49. The number of rotatable bonds is 10. The summed E-state index contributed by atoms with van der Waals surface area (Å²) in [5.41, 5.74) is 6.35. The van der Waals surface area contributed by atoms with Crippen LogP contribution in [0.5, 0.6) is 5.75 Å². The van der Waals surface area contributed by atoms with Crippen molar-refractivity contribution in [1.82, 2.24) is 4.90 Å². The lowest BCUT2D eigenvalue weighted by molar-refractivity contribution is -0.126. The summed E-state index contributed by atoms with van der Waals surface area (Å²) in [4.78, 5) is 28.3. The van der Waals surface area contributed by atoms with E-state index in [0.29, 0.717) is 24.8 Å². The van der Waals surface area contributed by atoms with Gasteiger partial charge in [-0.25, -0.2) is 0 Å². The van der Waals surface area contributed by atoms with Crippen LogP contribution >= 0.6 is 0 Å². The molecule has 8 nitrogen and oxygen atoms in total. The van der Waals surface area contributed by atoms with E-state index in [-0.39, 0.29) is 42.9 Å². The van der Waals surface area contributed by atoms with E-state index in [0.717, 1.165) is 19.4 Å². The molecule has 1 saturated heterocycles. The zero-order valence-electron chi connectivity index (χ0n) is 17.0. The molecular weight excluding hydrogens is 398 g/mol. The SMILES string of the molecule is CCN(CC1CC1)[C@@H](CN)C(=O)Nc1ccc(N2CCOCC2=O)c(OC(F)F)c1. The predicted octanol–water partition coefficient (Wildman–Crippen LogP) is 1.65. The topological polar surface area (TPSA) is 97.1 Å². The number of ether oxygens (including phenoxy) is 2. The first-order valence-corrected chi connectivity index (χ1v) is 10.1. The standard InChI is InChI=1S/C20H28F2N4O4/c1-2-25(11-13-3-4-13)16(10-23)19(28)24-14-5-6-15(17(9-14)30-20(21)22)26-7-8-29-12-18(26)27/h5-6,9,13,16,20H,2-4,7-8,10-12,23H2,1H3,(H,24,28)/t16-/m0/s1. The highest BCUT2D eigenvalue weighted by molar-refractivity contribution is 5.98. The molecule has 2 amide bonds. The summed E-state index contributed by atoms with van der Waals surface area (Å²) in [6.07, 6.45) is 2.32. The van der Waals surface area contributed by atoms with Gasteiger partial charge in [-0.3, -0.25) is 14.5 Å². The minimum absolute atomic E-state index is 0.126. The van der Waals surface area contributed by atoms with Gasteiger partial charge in [0.1, 0.15) is 12.6 Å². The number of alkyl halides is 2. The van der Waals surface area contributed by atoms with Gasteiger partial charge < -0.3 is 25.4 Å². The highest BCUT2D eigenvalue weighted by atomic mass is 19.3. The van der Waals surface area contributed by atoms with Crippen LogP contribution in [0.2, 0.25) is 0 Å². The number of morpholine rings is 1. The number of benzene rings is 1. The maximum absolute atomic E-state index is 13.0. The van der Waals surface area contributed by atoms with Crippen LogP contribution in [0.3, 0.4) is 0 Å². The van der Waals surface area contributed by atoms with E-state index in [1.807, 2.05) is 11.8 Å². The molecular formula is C20H28F2N4O4. The number of nitrogens with zero attached hydrogens (tertiary/aromatic N) is 2. The lowest BCUT2D eigenvalue weighted by Gasteiger charge is -2.30. The third-order valence-corrected chi connectivity index (χ3v) is 5.28. The first-order valence-electron chi connectivity index (χ1n) is 10.1. The summed E-state index contributed by atoms with van der Waals surface area (Å²) in [6, 6.07) is 3.82. The molecule has 1 aromatic rings. The number of nitrogens with one attached hydrogen (secondary N) is 1. The number of likely N-dealkylation sites (N-methyl/N-ethyl adjacent to an activating group) is 1. The van der Waals surface area contributed by atoms with E-state index in [1.54, 1.807) is 6.07 Å². The number of carbonyl (C=O) groups is 2. The Kier molecular flexibility index (Phi) is 7.57. The zero-order chi connectivity index (χ0) is 21.7. The maximum atomic E-state index is 13.0. The Bertz CT molecular complexity index is 760. The molecule has 2 fully saturated rings. The second kappa shape index (κ2) is 10.1. The summed E-state index contributed by atoms with van der Waals surface area (Å²) in [5.74, 6) is -0.243. The Morgan fingerprint density at radius 3 is 2.80 bits per heavy atom. The van der Waals surface area contributed by atoms with Gasteiger partial charge in [-0.05, 0) is 37.4 Å². The quantitative estimate of drug-likeness (QED) is 0.591. The molecule has 10 heteroatoms. The average Bonchev–Trinajstić information content (AvgIpc) is 3.52. The molecule has 166 valence electrons. The van der Waals surface area contributed by atoms with Crippen molar-refractivity contribution in [2.45, 2.75) is 32.4 Å². The molecule has 0 spiro atoms. The fourth-order valence-corrected chi connectivity index (χ4v) is 3.53. The van der Waals surface area contributed by atoms with Crippen LogP contribution in [0.15, 0.2) is 18.2 Å². The summed E-state index contributed by atoms with van der Waals surface area (Å²) in [5, 5.41) is 2.74. The Morgan fingerprint density at radius 1 is 1.43 bits per heavy atom.